The first-order valence-corrected chi connectivity index (χ1v) is 6.81. The molecule has 0 aromatic heterocycles. The lowest BCUT2D eigenvalue weighted by Crippen LogP contribution is -1.93. The predicted molar refractivity (Wildman–Crippen MR) is 76.6 cm³/mol. The van der Waals surface area contributed by atoms with Crippen LogP contribution in [0.25, 0.3) is 6.08 Å². The number of nitrogens with zero attached hydrogens (tertiary/aromatic N) is 1. The summed E-state index contributed by atoms with van der Waals surface area (Å²) in [5.41, 5.74) is 0.622. The second-order valence-electron chi connectivity index (χ2n) is 3.69. The minimum Gasteiger partial charge on any atom is -0.496 e. The SMILES string of the molecule is CCCSc1cc(OC)c(C=C[N+](=O)[O-])cc1OC. The van der Waals surface area contributed by atoms with Gasteiger partial charge < -0.3 is 9.47 Å². The highest BCUT2D eigenvalue weighted by atomic mass is 32.2. The summed E-state index contributed by atoms with van der Waals surface area (Å²) < 4.78 is 10.6. The van der Waals surface area contributed by atoms with E-state index in [9.17, 15) is 10.1 Å². The average Bonchev–Trinajstić information content (AvgIpc) is 2.42. The minimum atomic E-state index is -0.508. The van der Waals surface area contributed by atoms with Crippen LogP contribution in [-0.4, -0.2) is 24.9 Å². The number of thioether (sulfide) groups is 1. The van der Waals surface area contributed by atoms with Crippen molar-refractivity contribution in [3.8, 4) is 11.5 Å². The summed E-state index contributed by atoms with van der Waals surface area (Å²) in [5.74, 6) is 2.27. The van der Waals surface area contributed by atoms with E-state index in [2.05, 4.69) is 6.92 Å². The fraction of sp³-hybridized carbons (Fsp3) is 0.385. The highest BCUT2D eigenvalue weighted by molar-refractivity contribution is 7.99. The smallest absolute Gasteiger partial charge is 0.235 e. The molecule has 0 spiro atoms. The number of rotatable bonds is 7. The number of hydrogen-bond donors (Lipinski definition) is 0. The number of methoxy groups -OCH3 is 2. The molecule has 19 heavy (non-hydrogen) atoms. The van der Waals surface area contributed by atoms with Crippen molar-refractivity contribution in [2.45, 2.75) is 18.2 Å². The summed E-state index contributed by atoms with van der Waals surface area (Å²) in [4.78, 5) is 10.8. The fourth-order valence-corrected chi connectivity index (χ4v) is 2.39. The Balaban J connectivity index is 3.14. The maximum Gasteiger partial charge on any atom is 0.235 e. The van der Waals surface area contributed by atoms with Gasteiger partial charge in [-0.1, -0.05) is 6.92 Å². The number of hydrogen-bond acceptors (Lipinski definition) is 5. The molecular weight excluding hydrogens is 266 g/mol. The molecular formula is C13H17NO4S. The van der Waals surface area contributed by atoms with Gasteiger partial charge in [-0.2, -0.15) is 0 Å². The zero-order valence-corrected chi connectivity index (χ0v) is 12.0. The van der Waals surface area contributed by atoms with Crippen molar-refractivity contribution in [2.75, 3.05) is 20.0 Å². The fourth-order valence-electron chi connectivity index (χ4n) is 1.49. The molecule has 0 atom stereocenters. The van der Waals surface area contributed by atoms with Gasteiger partial charge in [0.25, 0.3) is 0 Å². The van der Waals surface area contributed by atoms with Gasteiger partial charge in [-0.3, -0.25) is 10.1 Å². The maximum atomic E-state index is 10.4. The van der Waals surface area contributed by atoms with Gasteiger partial charge in [-0.15, -0.1) is 11.8 Å². The highest BCUT2D eigenvalue weighted by Crippen LogP contribution is 2.36. The van der Waals surface area contributed by atoms with Crippen molar-refractivity contribution in [1.29, 1.82) is 0 Å². The van der Waals surface area contributed by atoms with Crippen molar-refractivity contribution in [3.63, 3.8) is 0 Å². The van der Waals surface area contributed by atoms with Gasteiger partial charge in [0.2, 0.25) is 6.20 Å². The Morgan fingerprint density at radius 3 is 2.53 bits per heavy atom. The van der Waals surface area contributed by atoms with E-state index in [1.54, 1.807) is 32.0 Å². The second-order valence-corrected chi connectivity index (χ2v) is 4.83. The lowest BCUT2D eigenvalue weighted by atomic mass is 10.2. The molecule has 0 unspecified atom stereocenters. The summed E-state index contributed by atoms with van der Waals surface area (Å²) in [6.45, 7) is 2.10. The normalized spacial score (nSPS) is 10.7. The monoisotopic (exact) mass is 283 g/mol. The van der Waals surface area contributed by atoms with Gasteiger partial charge in [-0.25, -0.2) is 0 Å². The van der Waals surface area contributed by atoms with Crippen molar-refractivity contribution in [1.82, 2.24) is 0 Å². The molecule has 0 aliphatic rings. The largest absolute Gasteiger partial charge is 0.496 e. The van der Waals surface area contributed by atoms with Crippen LogP contribution in [0.2, 0.25) is 0 Å². The Bertz CT molecular complexity index is 474. The molecule has 0 fully saturated rings. The van der Waals surface area contributed by atoms with Gasteiger partial charge >= 0.3 is 0 Å². The lowest BCUT2D eigenvalue weighted by Gasteiger charge is -2.12. The quantitative estimate of drug-likeness (QED) is 0.435. The molecule has 5 nitrogen and oxygen atoms in total. The highest BCUT2D eigenvalue weighted by Gasteiger charge is 2.10. The average molecular weight is 283 g/mol. The third-order valence-corrected chi connectivity index (χ3v) is 3.60. The number of ether oxygens (including phenoxy) is 2. The van der Waals surface area contributed by atoms with Crippen LogP contribution in [0.3, 0.4) is 0 Å². The second kappa shape index (κ2) is 7.68. The van der Waals surface area contributed by atoms with E-state index < -0.39 is 4.92 Å². The van der Waals surface area contributed by atoms with Gasteiger partial charge in [-0.05, 0) is 24.3 Å². The molecule has 0 aliphatic heterocycles. The van der Waals surface area contributed by atoms with E-state index in [0.717, 1.165) is 23.3 Å². The third kappa shape index (κ3) is 4.48. The summed E-state index contributed by atoms with van der Waals surface area (Å²) in [7, 11) is 3.12. The summed E-state index contributed by atoms with van der Waals surface area (Å²) in [6.07, 6.45) is 3.34. The first-order chi connectivity index (χ1) is 9.12. The molecule has 0 bridgehead atoms. The predicted octanol–water partition coefficient (Wildman–Crippen LogP) is 3.45. The molecule has 0 heterocycles. The Labute approximate surface area is 116 Å². The van der Waals surface area contributed by atoms with Crippen LogP contribution in [0.5, 0.6) is 11.5 Å². The van der Waals surface area contributed by atoms with Gasteiger partial charge in [0.1, 0.15) is 11.5 Å². The topological polar surface area (TPSA) is 61.6 Å². The summed E-state index contributed by atoms with van der Waals surface area (Å²) in [6, 6.07) is 3.59. The minimum absolute atomic E-state index is 0.508. The lowest BCUT2D eigenvalue weighted by molar-refractivity contribution is -0.400. The van der Waals surface area contributed by atoms with E-state index in [1.165, 1.54) is 6.08 Å². The van der Waals surface area contributed by atoms with Crippen molar-refractivity contribution < 1.29 is 14.4 Å². The van der Waals surface area contributed by atoms with Gasteiger partial charge in [0, 0.05) is 11.6 Å². The Morgan fingerprint density at radius 1 is 1.32 bits per heavy atom. The molecule has 1 aromatic carbocycles. The summed E-state index contributed by atoms with van der Waals surface area (Å²) in [5, 5.41) is 10.4. The molecule has 1 aromatic rings. The Morgan fingerprint density at radius 2 is 2.00 bits per heavy atom. The third-order valence-electron chi connectivity index (χ3n) is 2.35. The molecule has 0 saturated carbocycles. The number of nitro groups is 1. The van der Waals surface area contributed by atoms with Crippen LogP contribution in [0.4, 0.5) is 0 Å². The Hall–Kier alpha value is -1.69. The molecule has 6 heteroatoms. The Kier molecular flexibility index (Phi) is 6.21. The first-order valence-electron chi connectivity index (χ1n) is 5.82. The van der Waals surface area contributed by atoms with E-state index in [4.69, 9.17) is 9.47 Å². The molecule has 0 amide bonds. The van der Waals surface area contributed by atoms with Crippen LogP contribution >= 0.6 is 11.8 Å². The first kappa shape index (κ1) is 15.4. The van der Waals surface area contributed by atoms with Crippen LogP contribution in [0, 0.1) is 10.1 Å². The van der Waals surface area contributed by atoms with Crippen LogP contribution in [-0.2, 0) is 0 Å². The van der Waals surface area contributed by atoms with E-state index in [-0.39, 0.29) is 0 Å². The standard InChI is InChI=1S/C13H17NO4S/c1-4-7-19-13-9-11(17-2)10(5-6-14(15)16)8-12(13)18-3/h5-6,8-9H,4,7H2,1-3H3. The van der Waals surface area contributed by atoms with Crippen LogP contribution in [0.1, 0.15) is 18.9 Å². The van der Waals surface area contributed by atoms with Crippen molar-refractivity contribution in [2.24, 2.45) is 0 Å². The molecule has 1 rings (SSSR count). The van der Waals surface area contributed by atoms with E-state index in [0.29, 0.717) is 17.1 Å². The maximum absolute atomic E-state index is 10.4. The molecule has 0 N–H and O–H groups in total. The van der Waals surface area contributed by atoms with Crippen molar-refractivity contribution in [3.05, 3.63) is 34.0 Å². The van der Waals surface area contributed by atoms with E-state index in [1.807, 2.05) is 6.07 Å². The summed E-state index contributed by atoms with van der Waals surface area (Å²) >= 11 is 1.67. The van der Waals surface area contributed by atoms with Gasteiger partial charge in [0.15, 0.2) is 0 Å². The van der Waals surface area contributed by atoms with Gasteiger partial charge in [0.05, 0.1) is 24.0 Å². The number of benzene rings is 1. The molecule has 0 radical (unpaired) electrons. The molecule has 104 valence electrons. The molecule has 0 saturated heterocycles. The van der Waals surface area contributed by atoms with E-state index >= 15 is 0 Å². The van der Waals surface area contributed by atoms with Crippen LogP contribution in [0.15, 0.2) is 23.2 Å². The zero-order valence-electron chi connectivity index (χ0n) is 11.2. The molecule has 0 aliphatic carbocycles. The van der Waals surface area contributed by atoms with Crippen LogP contribution < -0.4 is 9.47 Å². The van der Waals surface area contributed by atoms with Crippen molar-refractivity contribution >= 4 is 17.8 Å². The zero-order chi connectivity index (χ0) is 14.3.